The topological polar surface area (TPSA) is 47.8 Å². The lowest BCUT2D eigenvalue weighted by atomic mass is 10.2. The quantitative estimate of drug-likeness (QED) is 0.794. The Labute approximate surface area is 110 Å². The van der Waals surface area contributed by atoms with E-state index in [0.29, 0.717) is 13.0 Å². The maximum absolute atomic E-state index is 11.9. The van der Waals surface area contributed by atoms with Crippen molar-refractivity contribution >= 4 is 11.6 Å². The van der Waals surface area contributed by atoms with Gasteiger partial charge in [0.25, 0.3) is 5.56 Å². The first-order valence-corrected chi connectivity index (χ1v) is 6.23. The van der Waals surface area contributed by atoms with Crippen molar-refractivity contribution in [2.24, 2.45) is 0 Å². The van der Waals surface area contributed by atoms with Gasteiger partial charge in [-0.05, 0) is 24.1 Å². The van der Waals surface area contributed by atoms with Crippen molar-refractivity contribution in [2.75, 3.05) is 0 Å². The molecular formula is C13H14ClN3O. The van der Waals surface area contributed by atoms with E-state index >= 15 is 0 Å². The highest BCUT2D eigenvalue weighted by atomic mass is 35.5. The van der Waals surface area contributed by atoms with E-state index in [1.807, 2.05) is 19.1 Å². The fourth-order valence-corrected chi connectivity index (χ4v) is 2.01. The number of aromatic nitrogens is 3. The lowest BCUT2D eigenvalue weighted by Gasteiger charge is -2.10. The van der Waals surface area contributed by atoms with Crippen LogP contribution in [-0.2, 0) is 19.4 Å². The van der Waals surface area contributed by atoms with E-state index in [9.17, 15) is 4.79 Å². The molecule has 5 heteroatoms. The minimum Gasteiger partial charge on any atom is -0.296 e. The lowest BCUT2D eigenvalue weighted by Crippen LogP contribution is -2.25. The zero-order valence-electron chi connectivity index (χ0n) is 10.1. The Kier molecular flexibility index (Phi) is 4.10. The van der Waals surface area contributed by atoms with Crippen LogP contribution in [0.2, 0.25) is 5.15 Å². The molecule has 0 N–H and O–H groups in total. The Bertz CT molecular complexity index is 581. The first-order chi connectivity index (χ1) is 8.70. The van der Waals surface area contributed by atoms with Gasteiger partial charge in [-0.25, -0.2) is 4.98 Å². The van der Waals surface area contributed by atoms with Gasteiger partial charge in [0, 0.05) is 31.4 Å². The van der Waals surface area contributed by atoms with Crippen LogP contribution < -0.4 is 5.56 Å². The normalized spacial score (nSPS) is 10.6. The van der Waals surface area contributed by atoms with E-state index in [1.54, 1.807) is 17.0 Å². The van der Waals surface area contributed by atoms with E-state index in [-0.39, 0.29) is 10.7 Å². The van der Waals surface area contributed by atoms with Gasteiger partial charge in [-0.15, -0.1) is 0 Å². The molecule has 0 spiro atoms. The van der Waals surface area contributed by atoms with E-state index in [4.69, 9.17) is 11.6 Å². The number of hydrogen-bond donors (Lipinski definition) is 0. The monoisotopic (exact) mass is 263 g/mol. The number of halogens is 1. The molecule has 0 saturated heterocycles. The predicted molar refractivity (Wildman–Crippen MR) is 70.8 cm³/mol. The maximum atomic E-state index is 11.9. The molecule has 0 bridgehead atoms. The zero-order chi connectivity index (χ0) is 13.0. The van der Waals surface area contributed by atoms with Crippen LogP contribution >= 0.6 is 11.6 Å². The van der Waals surface area contributed by atoms with Crippen LogP contribution in [0, 0.1) is 0 Å². The van der Waals surface area contributed by atoms with Crippen LogP contribution in [0.4, 0.5) is 0 Å². The number of pyridine rings is 1. The van der Waals surface area contributed by atoms with Gasteiger partial charge in [-0.3, -0.25) is 14.3 Å². The Morgan fingerprint density at radius 2 is 2.06 bits per heavy atom. The van der Waals surface area contributed by atoms with Crippen LogP contribution in [0.3, 0.4) is 0 Å². The second-order valence-corrected chi connectivity index (χ2v) is 4.33. The van der Waals surface area contributed by atoms with Crippen LogP contribution in [-0.4, -0.2) is 14.5 Å². The molecule has 2 aromatic rings. The largest absolute Gasteiger partial charge is 0.296 e. The number of rotatable bonds is 4. The predicted octanol–water partition coefficient (Wildman–Crippen LogP) is 2.10. The third-order valence-corrected chi connectivity index (χ3v) is 2.94. The van der Waals surface area contributed by atoms with Gasteiger partial charge in [0.1, 0.15) is 11.0 Å². The van der Waals surface area contributed by atoms with Gasteiger partial charge in [-0.2, -0.15) is 0 Å². The van der Waals surface area contributed by atoms with E-state index in [1.165, 1.54) is 6.07 Å². The number of nitrogens with zero attached hydrogens (tertiary/aromatic N) is 3. The van der Waals surface area contributed by atoms with Gasteiger partial charge >= 0.3 is 0 Å². The molecule has 0 unspecified atom stereocenters. The summed E-state index contributed by atoms with van der Waals surface area (Å²) in [5, 5.41) is 0.261. The summed E-state index contributed by atoms with van der Waals surface area (Å²) >= 11 is 5.79. The highest BCUT2D eigenvalue weighted by molar-refractivity contribution is 6.29. The molecule has 2 rings (SSSR count). The van der Waals surface area contributed by atoms with Crippen molar-refractivity contribution in [3.05, 3.63) is 57.5 Å². The molecule has 0 fully saturated rings. The van der Waals surface area contributed by atoms with Gasteiger partial charge in [0.2, 0.25) is 0 Å². The number of aryl methyl sites for hydroxylation is 2. The van der Waals surface area contributed by atoms with Crippen molar-refractivity contribution in [2.45, 2.75) is 26.3 Å². The highest BCUT2D eigenvalue weighted by Crippen LogP contribution is 2.05. The molecule has 0 aliphatic rings. The molecule has 0 atom stereocenters. The van der Waals surface area contributed by atoms with Gasteiger partial charge in [0.15, 0.2) is 0 Å². The molecule has 4 nitrogen and oxygen atoms in total. The summed E-state index contributed by atoms with van der Waals surface area (Å²) in [6.07, 6.45) is 4.96. The molecule has 2 aromatic heterocycles. The van der Waals surface area contributed by atoms with Gasteiger partial charge in [-0.1, -0.05) is 18.5 Å². The van der Waals surface area contributed by atoms with Crippen molar-refractivity contribution in [3.63, 3.8) is 0 Å². The molecule has 0 radical (unpaired) electrons. The van der Waals surface area contributed by atoms with Crippen LogP contribution in [0.25, 0.3) is 0 Å². The molecule has 0 amide bonds. The standard InChI is InChI=1S/C13H14ClN3O/c1-2-12-16-11(14)9-13(18)17(12)8-5-10-3-6-15-7-4-10/h3-4,6-7,9H,2,5,8H2,1H3. The summed E-state index contributed by atoms with van der Waals surface area (Å²) in [5.41, 5.74) is 1.05. The third-order valence-electron chi connectivity index (χ3n) is 2.75. The Hall–Kier alpha value is -1.68. The fraction of sp³-hybridized carbons (Fsp3) is 0.308. The van der Waals surface area contributed by atoms with Crippen molar-refractivity contribution in [1.82, 2.24) is 14.5 Å². The van der Waals surface area contributed by atoms with Gasteiger partial charge < -0.3 is 0 Å². The van der Waals surface area contributed by atoms with Crippen LogP contribution in [0.5, 0.6) is 0 Å². The summed E-state index contributed by atoms with van der Waals surface area (Å²) in [6.45, 7) is 2.57. The first kappa shape index (κ1) is 12.8. The summed E-state index contributed by atoms with van der Waals surface area (Å²) in [4.78, 5) is 20.0. The fourth-order valence-electron chi connectivity index (χ4n) is 1.82. The number of hydrogen-bond acceptors (Lipinski definition) is 3. The molecule has 0 aliphatic carbocycles. The molecule has 0 saturated carbocycles. The van der Waals surface area contributed by atoms with Crippen LogP contribution in [0.1, 0.15) is 18.3 Å². The third kappa shape index (κ3) is 2.96. The average molecular weight is 264 g/mol. The van der Waals surface area contributed by atoms with E-state index < -0.39 is 0 Å². The Morgan fingerprint density at radius 1 is 1.33 bits per heavy atom. The summed E-state index contributed by atoms with van der Waals surface area (Å²) in [5.74, 6) is 0.724. The van der Waals surface area contributed by atoms with Crippen LogP contribution in [0.15, 0.2) is 35.4 Å². The zero-order valence-corrected chi connectivity index (χ0v) is 10.9. The smallest absolute Gasteiger partial charge is 0.254 e. The molecule has 94 valence electrons. The minimum absolute atomic E-state index is 0.0964. The minimum atomic E-state index is -0.0964. The SMILES string of the molecule is CCc1nc(Cl)cc(=O)n1CCc1ccncc1. The molecule has 0 aliphatic heterocycles. The molecule has 0 aromatic carbocycles. The summed E-state index contributed by atoms with van der Waals surface area (Å²) < 4.78 is 1.67. The maximum Gasteiger partial charge on any atom is 0.254 e. The lowest BCUT2D eigenvalue weighted by molar-refractivity contribution is 0.613. The van der Waals surface area contributed by atoms with E-state index in [2.05, 4.69) is 9.97 Å². The first-order valence-electron chi connectivity index (χ1n) is 5.86. The Balaban J connectivity index is 2.22. The van der Waals surface area contributed by atoms with Crippen molar-refractivity contribution in [3.8, 4) is 0 Å². The second-order valence-electron chi connectivity index (χ2n) is 3.94. The van der Waals surface area contributed by atoms with Crippen molar-refractivity contribution < 1.29 is 0 Å². The molecule has 2 heterocycles. The van der Waals surface area contributed by atoms with Crippen molar-refractivity contribution in [1.29, 1.82) is 0 Å². The second kappa shape index (κ2) is 5.78. The summed E-state index contributed by atoms with van der Waals surface area (Å²) in [7, 11) is 0. The average Bonchev–Trinajstić information content (AvgIpc) is 2.38. The summed E-state index contributed by atoms with van der Waals surface area (Å²) in [6, 6.07) is 5.24. The van der Waals surface area contributed by atoms with Gasteiger partial charge in [0.05, 0.1) is 0 Å². The highest BCUT2D eigenvalue weighted by Gasteiger charge is 2.06. The molecular weight excluding hydrogens is 250 g/mol. The van der Waals surface area contributed by atoms with E-state index in [0.717, 1.165) is 17.8 Å². The Morgan fingerprint density at radius 3 is 2.72 bits per heavy atom. The molecule has 18 heavy (non-hydrogen) atoms.